The topological polar surface area (TPSA) is 134 Å². The highest BCUT2D eigenvalue weighted by molar-refractivity contribution is 5.99. The Morgan fingerprint density at radius 2 is 1.80 bits per heavy atom. The molecule has 5 rings (SSSR count). The van der Waals surface area contributed by atoms with Gasteiger partial charge in [-0.05, 0) is 29.8 Å². The number of morpholine rings is 1. The van der Waals surface area contributed by atoms with Crippen LogP contribution >= 0.6 is 0 Å². The average molecular weight is 562 g/mol. The van der Waals surface area contributed by atoms with Crippen molar-refractivity contribution in [1.29, 1.82) is 0 Å². The summed E-state index contributed by atoms with van der Waals surface area (Å²) in [6, 6.07) is 9.30. The van der Waals surface area contributed by atoms with E-state index in [1.165, 1.54) is 6.33 Å². The fourth-order valence-corrected chi connectivity index (χ4v) is 4.23. The minimum Gasteiger partial charge on any atom is -0.382 e. The molecule has 1 fully saturated rings. The number of rotatable bonds is 5. The molecule has 0 unspecified atom stereocenters. The van der Waals surface area contributed by atoms with E-state index >= 15 is 0 Å². The molecular weight excluding hydrogens is 529 g/mol. The number of anilines is 3. The number of nitrogens with two attached hydrogens (primary N) is 1. The van der Waals surface area contributed by atoms with E-state index in [0.717, 1.165) is 36.1 Å². The summed E-state index contributed by atoms with van der Waals surface area (Å²) in [5, 5.41) is 18.9. The molecule has 1 aliphatic heterocycles. The molecule has 5 N–H and O–H groups in total. The van der Waals surface area contributed by atoms with Crippen molar-refractivity contribution in [2.24, 2.45) is 0 Å². The van der Waals surface area contributed by atoms with E-state index in [2.05, 4.69) is 25.6 Å². The molecule has 14 heteroatoms. The fourth-order valence-electron chi connectivity index (χ4n) is 4.23. The molecule has 0 spiro atoms. The van der Waals surface area contributed by atoms with Crippen LogP contribution in [0, 0.1) is 0 Å². The number of fused-ring (bicyclic) bond motifs is 1. The van der Waals surface area contributed by atoms with Gasteiger partial charge in [0.25, 0.3) is 0 Å². The number of carbonyl (C=O) groups is 1. The van der Waals surface area contributed by atoms with Crippen LogP contribution in [0.2, 0.25) is 0 Å². The summed E-state index contributed by atoms with van der Waals surface area (Å²) in [6.07, 6.45) is -2.43. The number of aromatic nitrogens is 4. The van der Waals surface area contributed by atoms with Gasteiger partial charge in [-0.3, -0.25) is 10.2 Å². The van der Waals surface area contributed by atoms with Crippen LogP contribution in [0.1, 0.15) is 26.1 Å². The first kappa shape index (κ1) is 30.1. The molecule has 0 saturated carbocycles. The van der Waals surface area contributed by atoms with Crippen molar-refractivity contribution >= 4 is 28.9 Å². The van der Waals surface area contributed by atoms with Crippen molar-refractivity contribution < 1.29 is 32.6 Å². The van der Waals surface area contributed by atoms with E-state index in [1.807, 2.05) is 6.07 Å². The van der Waals surface area contributed by atoms with Crippen molar-refractivity contribution in [2.45, 2.75) is 27.6 Å². The summed E-state index contributed by atoms with van der Waals surface area (Å²) < 4.78 is 46.5. The number of nitrogens with zero attached hydrogens (tertiary/aromatic N) is 5. The second-order valence-corrected chi connectivity index (χ2v) is 8.64. The Balaban J connectivity index is 0.00000220. The van der Waals surface area contributed by atoms with E-state index in [4.69, 9.17) is 10.5 Å². The Morgan fingerprint density at radius 1 is 1.10 bits per heavy atom. The van der Waals surface area contributed by atoms with Crippen LogP contribution in [-0.2, 0) is 17.5 Å². The van der Waals surface area contributed by atoms with Crippen LogP contribution < -0.4 is 21.1 Å². The average Bonchev–Trinajstić information content (AvgIpc) is 3.25. The van der Waals surface area contributed by atoms with Gasteiger partial charge in [0, 0.05) is 37.0 Å². The normalized spacial score (nSPS) is 13.8. The lowest BCUT2D eigenvalue weighted by atomic mass is 10.1. The highest BCUT2D eigenvalue weighted by Gasteiger charge is 2.33. The Labute approximate surface area is 229 Å². The smallest absolute Gasteiger partial charge is 0.382 e. The molecule has 11 nitrogen and oxygen atoms in total. The second kappa shape index (κ2) is 12.2. The molecule has 214 valence electrons. The van der Waals surface area contributed by atoms with Crippen molar-refractivity contribution in [1.82, 2.24) is 19.5 Å². The Kier molecular flexibility index (Phi) is 9.17. The van der Waals surface area contributed by atoms with E-state index in [1.54, 1.807) is 28.8 Å². The lowest BCUT2D eigenvalue weighted by molar-refractivity contribution is -0.893. The Morgan fingerprint density at radius 3 is 2.48 bits per heavy atom. The number of hydrogen-bond donors (Lipinski definition) is 4. The lowest BCUT2D eigenvalue weighted by Crippen LogP contribution is -2.37. The predicted molar refractivity (Wildman–Crippen MR) is 144 cm³/mol. The Bertz CT molecular complexity index is 1470. The number of ether oxygens (including phenoxy) is 1. The van der Waals surface area contributed by atoms with Gasteiger partial charge in [0.1, 0.15) is 18.0 Å². The summed E-state index contributed by atoms with van der Waals surface area (Å²) in [7, 11) is 0. The number of nitrogens with one attached hydrogen (secondary N) is 2. The molecule has 1 aromatic carbocycles. The molecule has 1 aliphatic rings. The summed E-state index contributed by atoms with van der Waals surface area (Å²) in [5.41, 5.74) is 8.77. The molecule has 0 bridgehead atoms. The molecule has 3 aromatic heterocycles. The van der Waals surface area contributed by atoms with Crippen LogP contribution in [0.25, 0.3) is 16.6 Å². The maximum absolute atomic E-state index is 13.0. The summed E-state index contributed by atoms with van der Waals surface area (Å²) in [5.74, 6) is -0.124. The van der Waals surface area contributed by atoms with Gasteiger partial charge in [-0.1, -0.05) is 31.7 Å². The van der Waals surface area contributed by atoms with Gasteiger partial charge in [-0.25, -0.2) is 14.3 Å². The number of urea groups is 1. The van der Waals surface area contributed by atoms with Crippen LogP contribution in [-0.4, -0.2) is 57.0 Å². The number of carbonyl (C=O) groups excluding carboxylic acids is 1. The first-order valence-corrected chi connectivity index (χ1v) is 11.6. The van der Waals surface area contributed by atoms with E-state index in [0.29, 0.717) is 53.6 Å². The van der Waals surface area contributed by atoms with Gasteiger partial charge < -0.3 is 15.7 Å². The number of benzene rings is 1. The third kappa shape index (κ3) is 6.40. The lowest BCUT2D eigenvalue weighted by Gasteiger charge is -2.26. The molecule has 4 heterocycles. The van der Waals surface area contributed by atoms with Crippen molar-refractivity contribution in [3.05, 3.63) is 66.2 Å². The summed E-state index contributed by atoms with van der Waals surface area (Å²) >= 11 is 0. The van der Waals surface area contributed by atoms with Crippen molar-refractivity contribution in [2.75, 3.05) is 42.7 Å². The van der Waals surface area contributed by atoms with Crippen LogP contribution in [0.3, 0.4) is 0 Å². The van der Waals surface area contributed by atoms with Crippen LogP contribution in [0.4, 0.5) is 35.3 Å². The zero-order valence-electron chi connectivity index (χ0n) is 19.9. The summed E-state index contributed by atoms with van der Waals surface area (Å²) in [4.78, 5) is 18.8. The van der Waals surface area contributed by atoms with Gasteiger partial charge in [0.2, 0.25) is 0 Å². The van der Waals surface area contributed by atoms with E-state index < -0.39 is 23.6 Å². The maximum Gasteiger partial charge on any atom is 0.416 e. The van der Waals surface area contributed by atoms with E-state index in [9.17, 15) is 23.2 Å². The number of hydrogen-bond acceptors (Lipinski definition) is 7. The maximum atomic E-state index is 13.0. The first-order valence-electron chi connectivity index (χ1n) is 11.6. The molecule has 4 aromatic rings. The molecule has 2 amide bonds. The fraction of sp³-hybridized carbons (Fsp3) is 0.308. The standard InChI is InChI=1S/C24H23F3N8O3.2CH4/c25-24(26,27)16-5-6-34(37)20(11-16)32-23(36)31-17-3-1-15(2-4-17)19-12-18(13-33-7-9-38-10-8-33)35-21(19)22(28)29-14-30-35;;/h1-6,11-12,14,37H,7-10,13H2,(H3,28,29,30,31,36);2*1H4/p+1. The molecule has 0 radical (unpaired) electrons. The minimum atomic E-state index is -4.63. The van der Waals surface area contributed by atoms with Gasteiger partial charge in [-0.15, -0.1) is 0 Å². The van der Waals surface area contributed by atoms with Crippen molar-refractivity contribution in [3.63, 3.8) is 0 Å². The largest absolute Gasteiger partial charge is 0.416 e. The Hall–Kier alpha value is -4.43. The third-order valence-corrected chi connectivity index (χ3v) is 6.10. The van der Waals surface area contributed by atoms with Gasteiger partial charge in [-0.2, -0.15) is 23.6 Å². The van der Waals surface area contributed by atoms with Crippen molar-refractivity contribution in [3.8, 4) is 11.1 Å². The molecule has 40 heavy (non-hydrogen) atoms. The number of pyridine rings is 1. The highest BCUT2D eigenvalue weighted by Crippen LogP contribution is 2.32. The number of amides is 2. The molecule has 0 atom stereocenters. The second-order valence-electron chi connectivity index (χ2n) is 8.64. The molecule has 0 aliphatic carbocycles. The zero-order valence-corrected chi connectivity index (χ0v) is 19.9. The van der Waals surface area contributed by atoms with Gasteiger partial charge >= 0.3 is 18.0 Å². The monoisotopic (exact) mass is 561 g/mol. The first-order chi connectivity index (χ1) is 18.2. The zero-order chi connectivity index (χ0) is 26.9. The number of nitrogen functional groups attached to an aromatic ring is 1. The predicted octanol–water partition coefficient (Wildman–Crippen LogP) is 4.27. The third-order valence-electron chi connectivity index (χ3n) is 6.10. The van der Waals surface area contributed by atoms with Gasteiger partial charge in [0.15, 0.2) is 5.82 Å². The van der Waals surface area contributed by atoms with Gasteiger partial charge in [0.05, 0.1) is 24.5 Å². The van der Waals surface area contributed by atoms with E-state index in [-0.39, 0.29) is 14.9 Å². The van der Waals surface area contributed by atoms with Crippen LogP contribution in [0.15, 0.2) is 55.0 Å². The SMILES string of the molecule is C.C.Nc1ncnn2c(CN3CCOCC3)cc(-c3ccc(NC(=O)Nc4cc(C(F)(F)F)cc[n+]4O)cc3)c12. The number of alkyl halides is 3. The quantitative estimate of drug-likeness (QED) is 0.211. The number of halogens is 3. The molecular formula is C26H32F3N8O3+. The minimum absolute atomic E-state index is 0. The highest BCUT2D eigenvalue weighted by atomic mass is 19.4. The molecule has 1 saturated heterocycles. The van der Waals surface area contributed by atoms with Crippen LogP contribution in [0.5, 0.6) is 0 Å². The summed E-state index contributed by atoms with van der Waals surface area (Å²) in [6.45, 7) is 3.61.